The summed E-state index contributed by atoms with van der Waals surface area (Å²) in [6.07, 6.45) is -0.742. The molecule has 2 aromatic carbocycles. The molecule has 1 heterocycles. The summed E-state index contributed by atoms with van der Waals surface area (Å²) in [6.45, 7) is 0. The first kappa shape index (κ1) is 15.9. The van der Waals surface area contributed by atoms with E-state index in [0.717, 1.165) is 11.1 Å². The largest absolute Gasteiger partial charge is 0.465 e. The number of hydrogen-bond donors (Lipinski definition) is 1. The molecular formula is C20H12N4O. The Bertz CT molecular complexity index is 981. The monoisotopic (exact) mass is 324 g/mol. The molecule has 5 heteroatoms. The molecule has 1 aliphatic heterocycles. The number of ether oxygens (including phenoxy) is 1. The van der Waals surface area contributed by atoms with Crippen LogP contribution in [0.15, 0.2) is 77.2 Å². The molecule has 0 spiro atoms. The molecule has 1 aliphatic rings. The third-order valence-electron chi connectivity index (χ3n) is 3.95. The third kappa shape index (κ3) is 2.81. The van der Waals surface area contributed by atoms with E-state index in [0.29, 0.717) is 5.56 Å². The van der Waals surface area contributed by atoms with Crippen molar-refractivity contribution in [1.82, 2.24) is 0 Å². The highest BCUT2D eigenvalue weighted by atomic mass is 16.5. The average molecular weight is 324 g/mol. The number of allylic oxidation sites excluding steroid dienone is 1. The number of hydrogen-bond acceptors (Lipinski definition) is 5. The van der Waals surface area contributed by atoms with Crippen molar-refractivity contribution in [3.63, 3.8) is 0 Å². The molecule has 1 unspecified atom stereocenters. The molecule has 25 heavy (non-hydrogen) atoms. The lowest BCUT2D eigenvalue weighted by atomic mass is 9.93. The SMILES string of the molecule is N#CC(C#N)=C1C(C#N)=C(N)OC1c1ccc(-c2ccccc2)cc1. The number of rotatable bonds is 2. The van der Waals surface area contributed by atoms with E-state index in [9.17, 15) is 15.8 Å². The van der Waals surface area contributed by atoms with Gasteiger partial charge in [-0.05, 0) is 16.7 Å². The second kappa shape index (κ2) is 6.62. The van der Waals surface area contributed by atoms with Gasteiger partial charge in [0.1, 0.15) is 29.4 Å². The molecule has 3 rings (SSSR count). The maximum Gasteiger partial charge on any atom is 0.203 e. The van der Waals surface area contributed by atoms with Gasteiger partial charge in [0.2, 0.25) is 5.88 Å². The van der Waals surface area contributed by atoms with Crippen LogP contribution in [0.5, 0.6) is 0 Å². The Morgan fingerprint density at radius 1 is 0.880 bits per heavy atom. The molecule has 0 bridgehead atoms. The fourth-order valence-electron chi connectivity index (χ4n) is 2.74. The van der Waals surface area contributed by atoms with Crippen molar-refractivity contribution in [3.05, 3.63) is 82.8 Å². The number of nitrogens with zero attached hydrogens (tertiary/aromatic N) is 3. The Labute approximate surface area is 145 Å². The lowest BCUT2D eigenvalue weighted by molar-refractivity contribution is 0.166. The van der Waals surface area contributed by atoms with Crippen LogP contribution in [0.4, 0.5) is 0 Å². The fraction of sp³-hybridized carbons (Fsp3) is 0.0500. The predicted octanol–water partition coefficient (Wildman–Crippen LogP) is 3.46. The summed E-state index contributed by atoms with van der Waals surface area (Å²) in [4.78, 5) is 0. The van der Waals surface area contributed by atoms with Crippen molar-refractivity contribution in [1.29, 1.82) is 15.8 Å². The first-order chi connectivity index (χ1) is 12.2. The molecule has 0 aromatic heterocycles. The van der Waals surface area contributed by atoms with Crippen molar-refractivity contribution < 1.29 is 4.74 Å². The van der Waals surface area contributed by atoms with Gasteiger partial charge in [0.25, 0.3) is 0 Å². The topological polar surface area (TPSA) is 107 Å². The predicted molar refractivity (Wildman–Crippen MR) is 90.8 cm³/mol. The Morgan fingerprint density at radius 3 is 2.04 bits per heavy atom. The van der Waals surface area contributed by atoms with Crippen LogP contribution in [-0.2, 0) is 4.74 Å². The maximum atomic E-state index is 9.28. The van der Waals surface area contributed by atoms with Gasteiger partial charge in [-0.3, -0.25) is 0 Å². The van der Waals surface area contributed by atoms with E-state index in [1.807, 2.05) is 72.8 Å². The third-order valence-corrected chi connectivity index (χ3v) is 3.95. The van der Waals surface area contributed by atoms with E-state index in [1.54, 1.807) is 0 Å². The minimum atomic E-state index is -0.742. The molecule has 1 atom stereocenters. The van der Waals surface area contributed by atoms with Crippen LogP contribution in [0.2, 0.25) is 0 Å². The summed E-state index contributed by atoms with van der Waals surface area (Å²) in [7, 11) is 0. The highest BCUT2D eigenvalue weighted by Gasteiger charge is 2.34. The van der Waals surface area contributed by atoms with E-state index in [1.165, 1.54) is 0 Å². The van der Waals surface area contributed by atoms with Crippen LogP contribution < -0.4 is 5.73 Å². The lowest BCUT2D eigenvalue weighted by Gasteiger charge is -2.14. The first-order valence-corrected chi connectivity index (χ1v) is 7.46. The summed E-state index contributed by atoms with van der Waals surface area (Å²) >= 11 is 0. The molecule has 0 aliphatic carbocycles. The summed E-state index contributed by atoms with van der Waals surface area (Å²) < 4.78 is 5.57. The molecular weight excluding hydrogens is 312 g/mol. The van der Waals surface area contributed by atoms with Crippen LogP contribution in [-0.4, -0.2) is 0 Å². The number of nitriles is 3. The van der Waals surface area contributed by atoms with Crippen molar-refractivity contribution >= 4 is 0 Å². The van der Waals surface area contributed by atoms with Crippen LogP contribution in [0.3, 0.4) is 0 Å². The van der Waals surface area contributed by atoms with Crippen molar-refractivity contribution in [2.45, 2.75) is 6.10 Å². The average Bonchev–Trinajstić information content (AvgIpc) is 3.00. The molecule has 0 amide bonds. The van der Waals surface area contributed by atoms with Crippen LogP contribution in [0.25, 0.3) is 11.1 Å². The second-order valence-corrected chi connectivity index (χ2v) is 5.35. The highest BCUT2D eigenvalue weighted by molar-refractivity contribution is 5.65. The molecule has 0 saturated carbocycles. The van der Waals surface area contributed by atoms with Crippen molar-refractivity contribution in [2.24, 2.45) is 5.73 Å². The highest BCUT2D eigenvalue weighted by Crippen LogP contribution is 2.41. The number of nitrogens with two attached hydrogens (primary N) is 1. The van der Waals surface area contributed by atoms with Crippen LogP contribution in [0, 0.1) is 34.0 Å². The number of benzene rings is 2. The van der Waals surface area contributed by atoms with E-state index < -0.39 is 6.10 Å². The fourth-order valence-corrected chi connectivity index (χ4v) is 2.74. The molecule has 2 aromatic rings. The van der Waals surface area contributed by atoms with E-state index in [-0.39, 0.29) is 22.6 Å². The Balaban J connectivity index is 2.03. The first-order valence-electron chi connectivity index (χ1n) is 7.46. The van der Waals surface area contributed by atoms with E-state index in [4.69, 9.17) is 10.5 Å². The van der Waals surface area contributed by atoms with Gasteiger partial charge >= 0.3 is 0 Å². The maximum absolute atomic E-state index is 9.28. The molecule has 0 fully saturated rings. The summed E-state index contributed by atoms with van der Waals surface area (Å²) in [5, 5.41) is 27.7. The van der Waals surface area contributed by atoms with E-state index >= 15 is 0 Å². The van der Waals surface area contributed by atoms with Gasteiger partial charge in [0.15, 0.2) is 6.10 Å². The minimum absolute atomic E-state index is 0.0373. The van der Waals surface area contributed by atoms with Crippen molar-refractivity contribution in [2.75, 3.05) is 0 Å². The van der Waals surface area contributed by atoms with Gasteiger partial charge < -0.3 is 10.5 Å². The van der Waals surface area contributed by atoms with Gasteiger partial charge in [-0.2, -0.15) is 15.8 Å². The smallest absolute Gasteiger partial charge is 0.203 e. The van der Waals surface area contributed by atoms with Gasteiger partial charge in [0.05, 0.1) is 0 Å². The van der Waals surface area contributed by atoms with Crippen LogP contribution >= 0.6 is 0 Å². The Kier molecular flexibility index (Phi) is 4.20. The Morgan fingerprint density at radius 2 is 1.48 bits per heavy atom. The molecule has 5 nitrogen and oxygen atoms in total. The lowest BCUT2D eigenvalue weighted by Crippen LogP contribution is -2.04. The quantitative estimate of drug-likeness (QED) is 0.851. The zero-order valence-corrected chi connectivity index (χ0v) is 13.1. The normalized spacial score (nSPS) is 15.7. The second-order valence-electron chi connectivity index (χ2n) is 5.35. The Hall–Kier alpha value is -4.01. The summed E-state index contributed by atoms with van der Waals surface area (Å²) in [5.41, 5.74) is 8.65. The van der Waals surface area contributed by atoms with Gasteiger partial charge in [-0.25, -0.2) is 0 Å². The summed E-state index contributed by atoms with van der Waals surface area (Å²) in [6, 6.07) is 22.9. The van der Waals surface area contributed by atoms with Crippen molar-refractivity contribution in [3.8, 4) is 29.3 Å². The van der Waals surface area contributed by atoms with Crippen LogP contribution in [0.1, 0.15) is 11.7 Å². The standard InChI is InChI=1S/C20H12N4O/c21-10-16(11-22)18-17(12-23)20(24)25-19(18)15-8-6-14(7-9-15)13-4-2-1-3-5-13/h1-9,19H,24H2. The molecule has 118 valence electrons. The zero-order chi connectivity index (χ0) is 17.8. The van der Waals surface area contributed by atoms with Gasteiger partial charge in [-0.1, -0.05) is 54.6 Å². The molecule has 0 saturated heterocycles. The van der Waals surface area contributed by atoms with Gasteiger partial charge in [0, 0.05) is 5.57 Å². The molecule has 2 N–H and O–H groups in total. The van der Waals surface area contributed by atoms with E-state index in [2.05, 4.69) is 0 Å². The summed E-state index contributed by atoms with van der Waals surface area (Å²) in [5.74, 6) is -0.0716. The molecule has 0 radical (unpaired) electrons. The minimum Gasteiger partial charge on any atom is -0.465 e. The van der Waals surface area contributed by atoms with Gasteiger partial charge in [-0.15, -0.1) is 0 Å². The zero-order valence-electron chi connectivity index (χ0n) is 13.1.